The molecule has 0 radical (unpaired) electrons. The van der Waals surface area contributed by atoms with E-state index in [-0.39, 0.29) is 0 Å². The molecule has 2 heterocycles. The van der Waals surface area contributed by atoms with E-state index in [0.717, 1.165) is 44.2 Å². The minimum atomic E-state index is 0.450. The number of aromatic nitrogens is 1. The summed E-state index contributed by atoms with van der Waals surface area (Å²) in [4.78, 5) is 11.3. The van der Waals surface area contributed by atoms with Gasteiger partial charge >= 0.3 is 0 Å². The third-order valence-corrected chi connectivity index (χ3v) is 5.31. The molecule has 1 fully saturated rings. The summed E-state index contributed by atoms with van der Waals surface area (Å²) in [6, 6.07) is 15.5. The first-order valence-electron chi connectivity index (χ1n) is 10.6. The SMILES string of the molecule is CCNC(=NCCOc1cccnc1)NC1CCN(C(C)c2ccccc2)CC1. The number of hydrogen-bond acceptors (Lipinski definition) is 4. The molecule has 6 nitrogen and oxygen atoms in total. The number of nitrogens with zero attached hydrogens (tertiary/aromatic N) is 3. The van der Waals surface area contributed by atoms with E-state index in [0.29, 0.717) is 25.2 Å². The smallest absolute Gasteiger partial charge is 0.191 e. The van der Waals surface area contributed by atoms with Gasteiger partial charge in [0.25, 0.3) is 0 Å². The average Bonchev–Trinajstić information content (AvgIpc) is 2.78. The first kappa shape index (κ1) is 21.1. The van der Waals surface area contributed by atoms with Gasteiger partial charge in [0.2, 0.25) is 0 Å². The Morgan fingerprint density at radius 2 is 2.00 bits per heavy atom. The molecule has 1 aromatic carbocycles. The summed E-state index contributed by atoms with van der Waals surface area (Å²) in [7, 11) is 0. The third-order valence-electron chi connectivity index (χ3n) is 5.31. The fraction of sp³-hybridized carbons (Fsp3) is 0.478. The van der Waals surface area contributed by atoms with Crippen molar-refractivity contribution >= 4 is 5.96 Å². The summed E-state index contributed by atoms with van der Waals surface area (Å²) in [6.07, 6.45) is 5.70. The highest BCUT2D eigenvalue weighted by molar-refractivity contribution is 5.80. The van der Waals surface area contributed by atoms with Crippen LogP contribution in [0.5, 0.6) is 5.75 Å². The van der Waals surface area contributed by atoms with Crippen LogP contribution < -0.4 is 15.4 Å². The van der Waals surface area contributed by atoms with Crippen molar-refractivity contribution in [3.05, 3.63) is 60.4 Å². The van der Waals surface area contributed by atoms with Crippen LogP contribution in [0.15, 0.2) is 59.9 Å². The van der Waals surface area contributed by atoms with Crippen molar-refractivity contribution < 1.29 is 4.74 Å². The lowest BCUT2D eigenvalue weighted by atomic mass is 10.0. The zero-order valence-corrected chi connectivity index (χ0v) is 17.6. The highest BCUT2D eigenvalue weighted by atomic mass is 16.5. The van der Waals surface area contributed by atoms with Gasteiger partial charge in [-0.15, -0.1) is 0 Å². The lowest BCUT2D eigenvalue weighted by molar-refractivity contribution is 0.158. The van der Waals surface area contributed by atoms with Crippen LogP contribution in [0.4, 0.5) is 0 Å². The van der Waals surface area contributed by atoms with Gasteiger partial charge in [-0.05, 0) is 44.4 Å². The number of likely N-dealkylation sites (tertiary alicyclic amines) is 1. The Kier molecular flexibility index (Phi) is 8.31. The quantitative estimate of drug-likeness (QED) is 0.408. The second-order valence-electron chi connectivity index (χ2n) is 7.34. The number of hydrogen-bond donors (Lipinski definition) is 2. The Morgan fingerprint density at radius 3 is 2.69 bits per heavy atom. The second-order valence-corrected chi connectivity index (χ2v) is 7.34. The van der Waals surface area contributed by atoms with Crippen molar-refractivity contribution in [3.8, 4) is 5.75 Å². The van der Waals surface area contributed by atoms with E-state index in [2.05, 4.69) is 69.7 Å². The standard InChI is InChI=1S/C23H33N5O/c1-3-25-23(26-14-17-29-22-10-7-13-24-18-22)27-21-11-15-28(16-12-21)19(2)20-8-5-4-6-9-20/h4-10,13,18-19,21H,3,11-12,14-17H2,1-2H3,(H2,25,26,27). The Labute approximate surface area is 174 Å². The number of nitrogens with one attached hydrogen (secondary N) is 2. The molecule has 0 bridgehead atoms. The zero-order chi connectivity index (χ0) is 20.3. The van der Waals surface area contributed by atoms with Gasteiger partial charge in [0.1, 0.15) is 12.4 Å². The van der Waals surface area contributed by atoms with Crippen LogP contribution in [-0.2, 0) is 0 Å². The van der Waals surface area contributed by atoms with Gasteiger partial charge in [-0.2, -0.15) is 0 Å². The molecule has 1 unspecified atom stereocenters. The Balaban J connectivity index is 1.43. The van der Waals surface area contributed by atoms with E-state index in [1.54, 1.807) is 12.4 Å². The van der Waals surface area contributed by atoms with Crippen molar-refractivity contribution in [1.29, 1.82) is 0 Å². The molecule has 0 amide bonds. The molecule has 2 aromatic rings. The summed E-state index contributed by atoms with van der Waals surface area (Å²) in [5.74, 6) is 1.65. The molecular formula is C23H33N5O. The van der Waals surface area contributed by atoms with Gasteiger partial charge in [-0.1, -0.05) is 30.3 Å². The van der Waals surface area contributed by atoms with Crippen molar-refractivity contribution in [3.63, 3.8) is 0 Å². The number of guanidine groups is 1. The number of pyridine rings is 1. The maximum atomic E-state index is 5.68. The number of aliphatic imine (C=N–C) groups is 1. The normalized spacial score (nSPS) is 17.0. The van der Waals surface area contributed by atoms with Crippen molar-refractivity contribution in [2.24, 2.45) is 4.99 Å². The molecule has 1 aliphatic heterocycles. The maximum absolute atomic E-state index is 5.68. The van der Waals surface area contributed by atoms with E-state index < -0.39 is 0 Å². The second kappa shape index (κ2) is 11.4. The first-order valence-corrected chi connectivity index (χ1v) is 10.6. The molecule has 0 saturated carbocycles. The molecule has 1 saturated heterocycles. The molecule has 1 atom stereocenters. The summed E-state index contributed by atoms with van der Waals surface area (Å²) < 4.78 is 5.68. The van der Waals surface area contributed by atoms with Crippen molar-refractivity contribution in [1.82, 2.24) is 20.5 Å². The van der Waals surface area contributed by atoms with E-state index in [1.807, 2.05) is 12.1 Å². The van der Waals surface area contributed by atoms with Gasteiger partial charge < -0.3 is 15.4 Å². The van der Waals surface area contributed by atoms with Crippen LogP contribution in [-0.4, -0.2) is 54.7 Å². The van der Waals surface area contributed by atoms with Crippen LogP contribution in [0.3, 0.4) is 0 Å². The molecule has 1 aromatic heterocycles. The molecule has 2 N–H and O–H groups in total. The lowest BCUT2D eigenvalue weighted by Gasteiger charge is -2.37. The topological polar surface area (TPSA) is 61.8 Å². The maximum Gasteiger partial charge on any atom is 0.191 e. The van der Waals surface area contributed by atoms with Gasteiger partial charge in [0.15, 0.2) is 5.96 Å². The van der Waals surface area contributed by atoms with Crippen LogP contribution in [0.1, 0.15) is 38.3 Å². The van der Waals surface area contributed by atoms with Gasteiger partial charge in [-0.25, -0.2) is 4.99 Å². The Hall–Kier alpha value is -2.60. The van der Waals surface area contributed by atoms with E-state index in [1.165, 1.54) is 5.56 Å². The predicted molar refractivity (Wildman–Crippen MR) is 118 cm³/mol. The van der Waals surface area contributed by atoms with Gasteiger partial charge in [0, 0.05) is 37.9 Å². The number of piperidine rings is 1. The molecule has 6 heteroatoms. The molecule has 3 rings (SSSR count). The summed E-state index contributed by atoms with van der Waals surface area (Å²) >= 11 is 0. The third kappa shape index (κ3) is 6.75. The van der Waals surface area contributed by atoms with Crippen LogP contribution in [0.2, 0.25) is 0 Å². The van der Waals surface area contributed by atoms with Crippen molar-refractivity contribution in [2.45, 2.75) is 38.8 Å². The molecule has 0 spiro atoms. The first-order chi connectivity index (χ1) is 14.3. The fourth-order valence-electron chi connectivity index (χ4n) is 3.64. The largest absolute Gasteiger partial charge is 0.490 e. The highest BCUT2D eigenvalue weighted by Gasteiger charge is 2.23. The van der Waals surface area contributed by atoms with Crippen LogP contribution in [0, 0.1) is 0 Å². The molecule has 1 aliphatic rings. The van der Waals surface area contributed by atoms with Gasteiger partial charge in [-0.3, -0.25) is 9.88 Å². The zero-order valence-electron chi connectivity index (χ0n) is 17.6. The molecule has 0 aliphatic carbocycles. The van der Waals surface area contributed by atoms with E-state index >= 15 is 0 Å². The Bertz CT molecular complexity index is 729. The molecule has 29 heavy (non-hydrogen) atoms. The summed E-state index contributed by atoms with van der Waals surface area (Å²) in [5, 5.41) is 6.94. The minimum absolute atomic E-state index is 0.450. The molecular weight excluding hydrogens is 362 g/mol. The highest BCUT2D eigenvalue weighted by Crippen LogP contribution is 2.23. The molecule has 156 valence electrons. The van der Waals surface area contributed by atoms with Crippen molar-refractivity contribution in [2.75, 3.05) is 32.8 Å². The number of rotatable bonds is 8. The predicted octanol–water partition coefficient (Wildman–Crippen LogP) is 3.24. The lowest BCUT2D eigenvalue weighted by Crippen LogP contribution is -2.49. The van der Waals surface area contributed by atoms with E-state index in [9.17, 15) is 0 Å². The van der Waals surface area contributed by atoms with E-state index in [4.69, 9.17) is 4.74 Å². The van der Waals surface area contributed by atoms with Crippen LogP contribution >= 0.6 is 0 Å². The number of benzene rings is 1. The minimum Gasteiger partial charge on any atom is -0.490 e. The fourth-order valence-corrected chi connectivity index (χ4v) is 3.64. The monoisotopic (exact) mass is 395 g/mol. The number of ether oxygens (including phenoxy) is 1. The van der Waals surface area contributed by atoms with Crippen LogP contribution in [0.25, 0.3) is 0 Å². The summed E-state index contributed by atoms with van der Waals surface area (Å²) in [5.41, 5.74) is 1.39. The summed E-state index contributed by atoms with van der Waals surface area (Å²) in [6.45, 7) is 8.57. The Morgan fingerprint density at radius 1 is 1.21 bits per heavy atom. The average molecular weight is 396 g/mol. The van der Waals surface area contributed by atoms with Gasteiger partial charge in [0.05, 0.1) is 12.7 Å².